The predicted molar refractivity (Wildman–Crippen MR) is 64.0 cm³/mol. The maximum absolute atomic E-state index is 4.32. The highest BCUT2D eigenvalue weighted by molar-refractivity contribution is 9.10. The minimum atomic E-state index is 0.972. The lowest BCUT2D eigenvalue weighted by molar-refractivity contribution is 0.891. The highest BCUT2D eigenvalue weighted by Crippen LogP contribution is 2.26. The molecule has 1 heterocycles. The van der Waals surface area contributed by atoms with Crippen LogP contribution in [-0.2, 0) is 7.05 Å². The molecule has 0 fully saturated rings. The summed E-state index contributed by atoms with van der Waals surface area (Å²) >= 11 is 6.90. The second-order valence-corrected chi connectivity index (χ2v) is 4.67. The van der Waals surface area contributed by atoms with Gasteiger partial charge in [-0.2, -0.15) is 0 Å². The number of nitrogens with zero attached hydrogens (tertiary/aromatic N) is 2. The molecule has 14 heavy (non-hydrogen) atoms. The van der Waals surface area contributed by atoms with E-state index in [2.05, 4.69) is 36.8 Å². The standard InChI is InChI=1S/C10H8Br2N2/c1-14-6-13-9(10(14)12)7-2-4-8(11)5-3-7/h2-6H,1H3. The van der Waals surface area contributed by atoms with E-state index < -0.39 is 0 Å². The smallest absolute Gasteiger partial charge is 0.112 e. The number of aromatic nitrogens is 2. The summed E-state index contributed by atoms with van der Waals surface area (Å²) in [4.78, 5) is 4.32. The van der Waals surface area contributed by atoms with Crippen molar-refractivity contribution in [3.8, 4) is 11.3 Å². The van der Waals surface area contributed by atoms with Gasteiger partial charge in [0.15, 0.2) is 0 Å². The van der Waals surface area contributed by atoms with Crippen LogP contribution < -0.4 is 0 Å². The number of imidazole rings is 1. The molecule has 0 aliphatic rings. The molecule has 0 spiro atoms. The third kappa shape index (κ3) is 1.77. The van der Waals surface area contributed by atoms with Crippen molar-refractivity contribution in [2.24, 2.45) is 7.05 Å². The van der Waals surface area contributed by atoms with Crippen LogP contribution in [0.4, 0.5) is 0 Å². The molecule has 0 saturated heterocycles. The third-order valence-electron chi connectivity index (χ3n) is 1.98. The van der Waals surface area contributed by atoms with Gasteiger partial charge < -0.3 is 4.57 Å². The molecule has 0 amide bonds. The van der Waals surface area contributed by atoms with Crippen LogP contribution in [0.5, 0.6) is 0 Å². The lowest BCUT2D eigenvalue weighted by Crippen LogP contribution is -1.84. The zero-order chi connectivity index (χ0) is 10.1. The average molecular weight is 316 g/mol. The summed E-state index contributed by atoms with van der Waals surface area (Å²) in [5.41, 5.74) is 2.08. The summed E-state index contributed by atoms with van der Waals surface area (Å²) in [6, 6.07) is 8.10. The molecule has 0 aliphatic heterocycles. The van der Waals surface area contributed by atoms with Crippen LogP contribution in [0.3, 0.4) is 0 Å². The van der Waals surface area contributed by atoms with Crippen molar-refractivity contribution in [1.29, 1.82) is 0 Å². The first-order valence-corrected chi connectivity index (χ1v) is 5.70. The van der Waals surface area contributed by atoms with Crippen molar-refractivity contribution in [2.75, 3.05) is 0 Å². The molecule has 0 saturated carbocycles. The number of benzene rings is 1. The molecule has 2 rings (SSSR count). The van der Waals surface area contributed by atoms with E-state index in [1.165, 1.54) is 0 Å². The monoisotopic (exact) mass is 314 g/mol. The van der Waals surface area contributed by atoms with Crippen LogP contribution in [0, 0.1) is 0 Å². The fraction of sp³-hybridized carbons (Fsp3) is 0.100. The SMILES string of the molecule is Cn1cnc(-c2ccc(Br)cc2)c1Br. The molecule has 4 heteroatoms. The van der Waals surface area contributed by atoms with Gasteiger partial charge >= 0.3 is 0 Å². The van der Waals surface area contributed by atoms with Crippen molar-refractivity contribution in [3.05, 3.63) is 39.7 Å². The second kappa shape index (κ2) is 3.87. The molecule has 2 nitrogen and oxygen atoms in total. The Morgan fingerprint density at radius 2 is 1.79 bits per heavy atom. The van der Waals surface area contributed by atoms with Gasteiger partial charge in [0.2, 0.25) is 0 Å². The van der Waals surface area contributed by atoms with Gasteiger partial charge in [0.25, 0.3) is 0 Å². The molecule has 2 aromatic rings. The summed E-state index contributed by atoms with van der Waals surface area (Å²) in [6.45, 7) is 0. The fourth-order valence-electron chi connectivity index (χ4n) is 1.22. The highest BCUT2D eigenvalue weighted by Gasteiger charge is 2.07. The summed E-state index contributed by atoms with van der Waals surface area (Å²) in [6.07, 6.45) is 1.79. The zero-order valence-corrected chi connectivity index (χ0v) is 10.7. The van der Waals surface area contributed by atoms with Gasteiger partial charge in [0.1, 0.15) is 10.3 Å². The Balaban J connectivity index is 2.49. The van der Waals surface area contributed by atoms with Gasteiger partial charge in [-0.3, -0.25) is 0 Å². The van der Waals surface area contributed by atoms with Gasteiger partial charge in [-0.25, -0.2) is 4.98 Å². The van der Waals surface area contributed by atoms with E-state index in [-0.39, 0.29) is 0 Å². The first-order chi connectivity index (χ1) is 6.68. The Labute approximate surface area is 99.2 Å². The number of hydrogen-bond acceptors (Lipinski definition) is 1. The first kappa shape index (κ1) is 9.93. The van der Waals surface area contributed by atoms with Crippen molar-refractivity contribution < 1.29 is 0 Å². The third-order valence-corrected chi connectivity index (χ3v) is 3.45. The maximum Gasteiger partial charge on any atom is 0.112 e. The molecule has 0 radical (unpaired) electrons. The highest BCUT2D eigenvalue weighted by atomic mass is 79.9. The van der Waals surface area contributed by atoms with E-state index in [1.807, 2.05) is 35.9 Å². The van der Waals surface area contributed by atoms with Crippen molar-refractivity contribution in [3.63, 3.8) is 0 Å². The molecule has 0 aliphatic carbocycles. The van der Waals surface area contributed by atoms with E-state index in [0.717, 1.165) is 20.3 Å². The molecule has 0 bridgehead atoms. The number of rotatable bonds is 1. The van der Waals surface area contributed by atoms with E-state index >= 15 is 0 Å². The minimum Gasteiger partial charge on any atom is -0.328 e. The van der Waals surface area contributed by atoms with Gasteiger partial charge in [0.05, 0.1) is 6.33 Å². The van der Waals surface area contributed by atoms with Crippen molar-refractivity contribution in [1.82, 2.24) is 9.55 Å². The van der Waals surface area contributed by atoms with Crippen LogP contribution in [0.25, 0.3) is 11.3 Å². The minimum absolute atomic E-state index is 0.972. The number of hydrogen-bond donors (Lipinski definition) is 0. The van der Waals surface area contributed by atoms with Crippen molar-refractivity contribution >= 4 is 31.9 Å². The molecule has 0 N–H and O–H groups in total. The van der Waals surface area contributed by atoms with E-state index in [1.54, 1.807) is 6.33 Å². The van der Waals surface area contributed by atoms with E-state index in [9.17, 15) is 0 Å². The fourth-order valence-corrected chi connectivity index (χ4v) is 1.90. The molecular weight excluding hydrogens is 308 g/mol. The lowest BCUT2D eigenvalue weighted by Gasteiger charge is -1.99. The van der Waals surface area contributed by atoms with Crippen LogP contribution in [-0.4, -0.2) is 9.55 Å². The Morgan fingerprint density at radius 1 is 1.14 bits per heavy atom. The largest absolute Gasteiger partial charge is 0.328 e. The number of aryl methyl sites for hydroxylation is 1. The quantitative estimate of drug-likeness (QED) is 0.786. The average Bonchev–Trinajstić information content (AvgIpc) is 2.50. The topological polar surface area (TPSA) is 17.8 Å². The summed E-state index contributed by atoms with van der Waals surface area (Å²) in [7, 11) is 1.96. The van der Waals surface area contributed by atoms with E-state index in [4.69, 9.17) is 0 Å². The van der Waals surface area contributed by atoms with Crippen LogP contribution in [0.1, 0.15) is 0 Å². The lowest BCUT2D eigenvalue weighted by atomic mass is 10.2. The second-order valence-electron chi connectivity index (χ2n) is 3.00. The van der Waals surface area contributed by atoms with E-state index in [0.29, 0.717) is 0 Å². The summed E-state index contributed by atoms with van der Waals surface area (Å²) in [5, 5.41) is 0. The van der Waals surface area contributed by atoms with Crippen LogP contribution in [0.15, 0.2) is 39.7 Å². The molecular formula is C10H8Br2N2. The Hall–Kier alpha value is -0.610. The molecule has 1 aromatic heterocycles. The van der Waals surface area contributed by atoms with Gasteiger partial charge in [-0.15, -0.1) is 0 Å². The van der Waals surface area contributed by atoms with Gasteiger partial charge in [-0.1, -0.05) is 28.1 Å². The molecule has 0 atom stereocenters. The number of halogens is 2. The van der Waals surface area contributed by atoms with Crippen LogP contribution >= 0.6 is 31.9 Å². The molecule has 1 aromatic carbocycles. The Morgan fingerprint density at radius 3 is 2.29 bits per heavy atom. The predicted octanol–water partition coefficient (Wildman–Crippen LogP) is 3.61. The molecule has 72 valence electrons. The van der Waals surface area contributed by atoms with Crippen LogP contribution in [0.2, 0.25) is 0 Å². The summed E-state index contributed by atoms with van der Waals surface area (Å²) in [5.74, 6) is 0. The maximum atomic E-state index is 4.32. The summed E-state index contributed by atoms with van der Waals surface area (Å²) < 4.78 is 4.02. The Kier molecular flexibility index (Phi) is 2.74. The van der Waals surface area contributed by atoms with Crippen molar-refractivity contribution in [2.45, 2.75) is 0 Å². The zero-order valence-electron chi connectivity index (χ0n) is 7.54. The van der Waals surface area contributed by atoms with Gasteiger partial charge in [-0.05, 0) is 28.1 Å². The normalized spacial score (nSPS) is 10.5. The Bertz CT molecular complexity index is 446. The first-order valence-electron chi connectivity index (χ1n) is 4.11. The molecule has 0 unspecified atom stereocenters. The van der Waals surface area contributed by atoms with Gasteiger partial charge in [0, 0.05) is 17.1 Å².